The minimum absolute atomic E-state index is 0.0136. The molecule has 1 fully saturated rings. The second kappa shape index (κ2) is 7.33. The van der Waals surface area contributed by atoms with Crippen molar-refractivity contribution in [1.82, 2.24) is 10.6 Å². The van der Waals surface area contributed by atoms with E-state index in [0.717, 1.165) is 32.1 Å². The number of hydrogen-bond acceptors (Lipinski definition) is 3. The van der Waals surface area contributed by atoms with Crippen LogP contribution in [0.5, 0.6) is 0 Å². The maximum absolute atomic E-state index is 11.8. The Morgan fingerprint density at radius 1 is 1.32 bits per heavy atom. The van der Waals surface area contributed by atoms with Crippen LogP contribution in [-0.4, -0.2) is 42.4 Å². The average Bonchev–Trinajstić information content (AvgIpc) is 2.35. The predicted molar refractivity (Wildman–Crippen MR) is 71.1 cm³/mol. The van der Waals surface area contributed by atoms with Crippen LogP contribution in [0.4, 0.5) is 4.79 Å². The van der Waals surface area contributed by atoms with Gasteiger partial charge in [0.15, 0.2) is 0 Å². The van der Waals surface area contributed by atoms with E-state index in [1.807, 2.05) is 6.92 Å². The zero-order chi connectivity index (χ0) is 14.3. The third kappa shape index (κ3) is 5.46. The summed E-state index contributed by atoms with van der Waals surface area (Å²) in [4.78, 5) is 22.8. The van der Waals surface area contributed by atoms with E-state index in [1.165, 1.54) is 0 Å². The molecule has 6 nitrogen and oxygen atoms in total. The fourth-order valence-corrected chi connectivity index (χ4v) is 2.47. The van der Waals surface area contributed by atoms with Gasteiger partial charge in [-0.15, -0.1) is 0 Å². The predicted octanol–water partition coefficient (Wildman–Crippen LogP) is 1.50. The number of rotatable bonds is 6. The smallest absolute Gasteiger partial charge is 0.315 e. The first kappa shape index (κ1) is 15.8. The Hall–Kier alpha value is -1.30. The number of carbonyl (C=O) groups excluding carboxylic acids is 1. The van der Waals surface area contributed by atoms with Crippen molar-refractivity contribution < 1.29 is 19.4 Å². The SMILES string of the molecule is COC(C)CNC(=O)NC1(CC(=O)O)CCCCC1. The highest BCUT2D eigenvalue weighted by atomic mass is 16.5. The number of nitrogens with one attached hydrogen (secondary N) is 2. The number of hydrogen-bond donors (Lipinski definition) is 3. The number of amides is 2. The molecule has 2 amide bonds. The molecule has 0 radical (unpaired) electrons. The van der Waals surface area contributed by atoms with E-state index in [-0.39, 0.29) is 18.6 Å². The molecule has 1 atom stereocenters. The second-order valence-corrected chi connectivity index (χ2v) is 5.29. The first-order chi connectivity index (χ1) is 8.97. The molecule has 3 N–H and O–H groups in total. The van der Waals surface area contributed by atoms with Crippen LogP contribution in [0.1, 0.15) is 45.4 Å². The normalized spacial score (nSPS) is 19.5. The zero-order valence-corrected chi connectivity index (χ0v) is 11.7. The lowest BCUT2D eigenvalue weighted by molar-refractivity contribution is -0.139. The Balaban J connectivity index is 2.52. The Morgan fingerprint density at radius 2 is 1.95 bits per heavy atom. The average molecular weight is 272 g/mol. The van der Waals surface area contributed by atoms with E-state index >= 15 is 0 Å². The molecule has 0 aliphatic heterocycles. The Labute approximate surface area is 113 Å². The summed E-state index contributed by atoms with van der Waals surface area (Å²) in [5.41, 5.74) is -0.593. The van der Waals surface area contributed by atoms with Gasteiger partial charge in [-0.25, -0.2) is 4.79 Å². The molecule has 1 saturated carbocycles. The van der Waals surface area contributed by atoms with Crippen molar-refractivity contribution in [3.63, 3.8) is 0 Å². The molecule has 0 heterocycles. The molecule has 0 saturated heterocycles. The van der Waals surface area contributed by atoms with Crippen LogP contribution in [0.15, 0.2) is 0 Å². The van der Waals surface area contributed by atoms with Crippen molar-refractivity contribution in [3.8, 4) is 0 Å². The van der Waals surface area contributed by atoms with E-state index in [4.69, 9.17) is 9.84 Å². The zero-order valence-electron chi connectivity index (χ0n) is 11.7. The molecular weight excluding hydrogens is 248 g/mol. The highest BCUT2D eigenvalue weighted by Gasteiger charge is 2.35. The monoisotopic (exact) mass is 272 g/mol. The van der Waals surface area contributed by atoms with Gasteiger partial charge < -0.3 is 20.5 Å². The van der Waals surface area contributed by atoms with Crippen molar-refractivity contribution in [2.24, 2.45) is 0 Å². The topological polar surface area (TPSA) is 87.7 Å². The van der Waals surface area contributed by atoms with Gasteiger partial charge in [0, 0.05) is 13.7 Å². The number of carboxylic acid groups (broad SMARTS) is 1. The Bertz CT molecular complexity index is 314. The quantitative estimate of drug-likeness (QED) is 0.683. The maximum Gasteiger partial charge on any atom is 0.315 e. The minimum atomic E-state index is -0.868. The molecule has 110 valence electrons. The largest absolute Gasteiger partial charge is 0.481 e. The van der Waals surface area contributed by atoms with Crippen molar-refractivity contribution in [1.29, 1.82) is 0 Å². The van der Waals surface area contributed by atoms with Crippen LogP contribution in [0.25, 0.3) is 0 Å². The fourth-order valence-electron chi connectivity index (χ4n) is 2.47. The van der Waals surface area contributed by atoms with Gasteiger partial charge in [-0.2, -0.15) is 0 Å². The molecule has 0 bridgehead atoms. The summed E-state index contributed by atoms with van der Waals surface area (Å²) < 4.78 is 5.04. The molecule has 0 aromatic rings. The van der Waals surface area contributed by atoms with Crippen molar-refractivity contribution in [3.05, 3.63) is 0 Å². The van der Waals surface area contributed by atoms with Gasteiger partial charge in [0.05, 0.1) is 18.1 Å². The van der Waals surface area contributed by atoms with E-state index in [0.29, 0.717) is 6.54 Å². The molecule has 1 aliphatic rings. The van der Waals surface area contributed by atoms with E-state index < -0.39 is 11.5 Å². The van der Waals surface area contributed by atoms with Gasteiger partial charge in [0.2, 0.25) is 0 Å². The highest BCUT2D eigenvalue weighted by Crippen LogP contribution is 2.31. The number of methoxy groups -OCH3 is 1. The summed E-state index contributed by atoms with van der Waals surface area (Å²) in [7, 11) is 1.58. The summed E-state index contributed by atoms with van der Waals surface area (Å²) in [6, 6.07) is -0.313. The summed E-state index contributed by atoms with van der Waals surface area (Å²) in [6.45, 7) is 2.26. The standard InChI is InChI=1S/C13H24N2O4/c1-10(19-2)9-14-12(18)15-13(8-11(16)17)6-4-3-5-7-13/h10H,3-9H2,1-2H3,(H,16,17)(H2,14,15,18). The molecule has 6 heteroatoms. The molecule has 19 heavy (non-hydrogen) atoms. The van der Waals surface area contributed by atoms with Gasteiger partial charge >= 0.3 is 12.0 Å². The van der Waals surface area contributed by atoms with Gasteiger partial charge in [0.25, 0.3) is 0 Å². The minimum Gasteiger partial charge on any atom is -0.481 e. The van der Waals surface area contributed by atoms with Crippen molar-refractivity contribution in [2.45, 2.75) is 57.1 Å². The van der Waals surface area contributed by atoms with Gasteiger partial charge in [-0.05, 0) is 19.8 Å². The van der Waals surface area contributed by atoms with E-state index in [1.54, 1.807) is 7.11 Å². The molecule has 0 aromatic heterocycles. The fraction of sp³-hybridized carbons (Fsp3) is 0.846. The molecule has 1 unspecified atom stereocenters. The van der Waals surface area contributed by atoms with Crippen molar-refractivity contribution in [2.75, 3.05) is 13.7 Å². The van der Waals surface area contributed by atoms with E-state index in [9.17, 15) is 9.59 Å². The number of ether oxygens (including phenoxy) is 1. The number of carbonyl (C=O) groups is 2. The van der Waals surface area contributed by atoms with Crippen molar-refractivity contribution >= 4 is 12.0 Å². The van der Waals surface area contributed by atoms with Gasteiger partial charge in [-0.3, -0.25) is 4.79 Å². The third-order valence-corrected chi connectivity index (χ3v) is 3.63. The molecule has 0 aromatic carbocycles. The summed E-state index contributed by atoms with van der Waals surface area (Å²) in [5.74, 6) is -0.868. The molecule has 1 rings (SSSR count). The third-order valence-electron chi connectivity index (χ3n) is 3.63. The van der Waals surface area contributed by atoms with Crippen LogP contribution in [0.3, 0.4) is 0 Å². The molecular formula is C13H24N2O4. The van der Waals surface area contributed by atoms with Crippen LogP contribution in [-0.2, 0) is 9.53 Å². The highest BCUT2D eigenvalue weighted by molar-refractivity contribution is 5.76. The van der Waals surface area contributed by atoms with Crippen LogP contribution in [0, 0.1) is 0 Å². The maximum atomic E-state index is 11.8. The molecule has 0 spiro atoms. The number of urea groups is 1. The van der Waals surface area contributed by atoms with Crippen LogP contribution >= 0.6 is 0 Å². The Kier molecular flexibility index (Phi) is 6.08. The summed E-state index contributed by atoms with van der Waals surface area (Å²) in [6.07, 6.45) is 4.40. The number of carboxylic acids is 1. The Morgan fingerprint density at radius 3 is 2.47 bits per heavy atom. The lowest BCUT2D eigenvalue weighted by Gasteiger charge is -2.37. The first-order valence-electron chi connectivity index (χ1n) is 6.78. The summed E-state index contributed by atoms with van der Waals surface area (Å²) >= 11 is 0. The lowest BCUT2D eigenvalue weighted by atomic mass is 9.79. The first-order valence-corrected chi connectivity index (χ1v) is 6.78. The lowest BCUT2D eigenvalue weighted by Crippen LogP contribution is -2.54. The van der Waals surface area contributed by atoms with Gasteiger partial charge in [0.1, 0.15) is 0 Å². The second-order valence-electron chi connectivity index (χ2n) is 5.29. The summed E-state index contributed by atoms with van der Waals surface area (Å²) in [5, 5.41) is 14.6. The molecule has 1 aliphatic carbocycles. The number of aliphatic carboxylic acids is 1. The van der Waals surface area contributed by atoms with E-state index in [2.05, 4.69) is 10.6 Å². The van der Waals surface area contributed by atoms with Gasteiger partial charge in [-0.1, -0.05) is 19.3 Å². The van der Waals surface area contributed by atoms with Crippen LogP contribution in [0.2, 0.25) is 0 Å². The van der Waals surface area contributed by atoms with Crippen LogP contribution < -0.4 is 10.6 Å².